The van der Waals surface area contributed by atoms with Crippen LogP contribution in [0.15, 0.2) is 10.7 Å². The number of amides is 1. The minimum Gasteiger partial charge on any atom is -0.443 e. The molecular formula is C21H31N5O2. The predicted octanol–water partition coefficient (Wildman–Crippen LogP) is 2.61. The average molecular weight is 386 g/mol. The van der Waals surface area contributed by atoms with Crippen molar-refractivity contribution >= 4 is 22.8 Å². The Bertz CT molecular complexity index is 841. The van der Waals surface area contributed by atoms with Gasteiger partial charge >= 0.3 is 0 Å². The fourth-order valence-corrected chi connectivity index (χ4v) is 4.54. The summed E-state index contributed by atoms with van der Waals surface area (Å²) in [5.41, 5.74) is 1.73. The zero-order valence-electron chi connectivity index (χ0n) is 17.3. The molecule has 2 aromatic heterocycles. The number of piperazine rings is 1. The smallest absolute Gasteiger partial charge is 0.231 e. The lowest BCUT2D eigenvalue weighted by Crippen LogP contribution is -2.52. The summed E-state index contributed by atoms with van der Waals surface area (Å²) in [6, 6.07) is 0. The normalized spacial score (nSPS) is 21.5. The highest BCUT2D eigenvalue weighted by molar-refractivity contribution is 5.90. The summed E-state index contributed by atoms with van der Waals surface area (Å²) in [4.78, 5) is 28.8. The Kier molecular flexibility index (Phi) is 5.53. The number of carbonyl (C=O) groups is 1. The van der Waals surface area contributed by atoms with Crippen LogP contribution in [0.25, 0.3) is 11.1 Å². The number of anilines is 1. The summed E-state index contributed by atoms with van der Waals surface area (Å²) in [5, 5.41) is 0.987. The number of furan rings is 1. The Balaban J connectivity index is 1.47. The topological polar surface area (TPSA) is 65.7 Å². The van der Waals surface area contributed by atoms with E-state index in [2.05, 4.69) is 38.5 Å². The van der Waals surface area contributed by atoms with Crippen molar-refractivity contribution in [1.82, 2.24) is 19.8 Å². The van der Waals surface area contributed by atoms with Crippen LogP contribution in [0.5, 0.6) is 0 Å². The van der Waals surface area contributed by atoms with Crippen LogP contribution in [0.1, 0.15) is 37.5 Å². The first-order chi connectivity index (χ1) is 13.6. The lowest BCUT2D eigenvalue weighted by Gasteiger charge is -2.39. The molecule has 0 aromatic carbocycles. The van der Waals surface area contributed by atoms with Crippen LogP contribution in [0.2, 0.25) is 0 Å². The Morgan fingerprint density at radius 3 is 2.71 bits per heavy atom. The zero-order chi connectivity index (χ0) is 19.7. The van der Waals surface area contributed by atoms with Crippen LogP contribution in [-0.4, -0.2) is 71.5 Å². The Morgan fingerprint density at radius 1 is 1.18 bits per heavy atom. The summed E-state index contributed by atoms with van der Waals surface area (Å²) >= 11 is 0. The molecule has 4 rings (SSSR count). The molecule has 0 unspecified atom stereocenters. The van der Waals surface area contributed by atoms with Crippen LogP contribution in [0, 0.1) is 19.8 Å². The van der Waals surface area contributed by atoms with Gasteiger partial charge in [0.25, 0.3) is 0 Å². The van der Waals surface area contributed by atoms with Gasteiger partial charge in [-0.05, 0) is 39.7 Å². The highest BCUT2D eigenvalue weighted by Crippen LogP contribution is 2.33. The average Bonchev–Trinajstić information content (AvgIpc) is 3.02. The Labute approximate surface area is 166 Å². The molecule has 2 aliphatic rings. The van der Waals surface area contributed by atoms with Crippen LogP contribution in [-0.2, 0) is 4.79 Å². The van der Waals surface area contributed by atoms with Gasteiger partial charge in [-0.3, -0.25) is 9.69 Å². The third-order valence-electron chi connectivity index (χ3n) is 6.24. The van der Waals surface area contributed by atoms with Crippen LogP contribution >= 0.6 is 0 Å². The van der Waals surface area contributed by atoms with E-state index in [1.807, 2.05) is 6.92 Å². The van der Waals surface area contributed by atoms with Crippen molar-refractivity contribution in [1.29, 1.82) is 0 Å². The first kappa shape index (κ1) is 19.2. The second-order valence-electron chi connectivity index (χ2n) is 8.11. The van der Waals surface area contributed by atoms with Crippen LogP contribution < -0.4 is 4.90 Å². The molecule has 1 atom stereocenters. The van der Waals surface area contributed by atoms with E-state index in [0.29, 0.717) is 11.6 Å². The monoisotopic (exact) mass is 385 g/mol. The second-order valence-corrected chi connectivity index (χ2v) is 8.11. The van der Waals surface area contributed by atoms with Crippen molar-refractivity contribution in [2.24, 2.45) is 5.92 Å². The van der Waals surface area contributed by atoms with Gasteiger partial charge in [-0.15, -0.1) is 0 Å². The van der Waals surface area contributed by atoms with E-state index in [0.717, 1.165) is 81.2 Å². The lowest BCUT2D eigenvalue weighted by molar-refractivity contribution is -0.137. The van der Waals surface area contributed by atoms with Gasteiger partial charge in [0.2, 0.25) is 11.6 Å². The Hall–Kier alpha value is -2.15. The maximum absolute atomic E-state index is 13.2. The van der Waals surface area contributed by atoms with E-state index in [-0.39, 0.29) is 5.92 Å². The van der Waals surface area contributed by atoms with Gasteiger partial charge in [-0.25, -0.2) is 9.97 Å². The number of fused-ring (bicyclic) bond motifs is 1. The molecule has 7 heteroatoms. The first-order valence-corrected chi connectivity index (χ1v) is 10.5. The van der Waals surface area contributed by atoms with Crippen molar-refractivity contribution in [3.63, 3.8) is 0 Å². The number of piperidine rings is 1. The number of hydrogen-bond donors (Lipinski definition) is 0. The van der Waals surface area contributed by atoms with Crippen molar-refractivity contribution in [2.45, 2.75) is 40.0 Å². The van der Waals surface area contributed by atoms with E-state index in [1.54, 1.807) is 6.33 Å². The van der Waals surface area contributed by atoms with Gasteiger partial charge in [0.1, 0.15) is 17.9 Å². The van der Waals surface area contributed by atoms with Gasteiger partial charge < -0.3 is 14.2 Å². The molecule has 7 nitrogen and oxygen atoms in total. The molecule has 4 heterocycles. The maximum atomic E-state index is 13.2. The predicted molar refractivity (Wildman–Crippen MR) is 110 cm³/mol. The van der Waals surface area contributed by atoms with Gasteiger partial charge in [0.05, 0.1) is 11.3 Å². The second kappa shape index (κ2) is 8.07. The maximum Gasteiger partial charge on any atom is 0.231 e. The fourth-order valence-electron chi connectivity index (χ4n) is 4.54. The summed E-state index contributed by atoms with van der Waals surface area (Å²) < 4.78 is 5.77. The molecule has 0 bridgehead atoms. The van der Waals surface area contributed by atoms with E-state index in [9.17, 15) is 4.79 Å². The number of hydrogen-bond acceptors (Lipinski definition) is 6. The number of aromatic nitrogens is 2. The summed E-state index contributed by atoms with van der Waals surface area (Å²) in [6.45, 7) is 12.7. The van der Waals surface area contributed by atoms with Crippen molar-refractivity contribution in [3.8, 4) is 0 Å². The van der Waals surface area contributed by atoms with Gasteiger partial charge in [-0.2, -0.15) is 0 Å². The zero-order valence-corrected chi connectivity index (χ0v) is 17.3. The number of aryl methyl sites for hydroxylation is 2. The molecule has 28 heavy (non-hydrogen) atoms. The lowest BCUT2D eigenvalue weighted by atomic mass is 9.95. The van der Waals surface area contributed by atoms with Crippen molar-refractivity contribution in [3.05, 3.63) is 17.7 Å². The van der Waals surface area contributed by atoms with E-state index in [1.165, 1.54) is 6.42 Å². The molecule has 1 amide bonds. The number of rotatable bonds is 4. The molecule has 0 aliphatic carbocycles. The molecule has 152 valence electrons. The fraction of sp³-hybridized carbons (Fsp3) is 0.667. The summed E-state index contributed by atoms with van der Waals surface area (Å²) in [6.07, 6.45) is 4.71. The highest BCUT2D eigenvalue weighted by Gasteiger charge is 2.32. The minimum absolute atomic E-state index is 0.0461. The molecular weight excluding hydrogens is 354 g/mol. The van der Waals surface area contributed by atoms with Gasteiger partial charge in [-0.1, -0.05) is 6.92 Å². The molecule has 0 N–H and O–H groups in total. The van der Waals surface area contributed by atoms with Crippen LogP contribution in [0.3, 0.4) is 0 Å². The standard InChI is InChI=1S/C21H31N5O2/c1-4-7-24-9-11-25(12-10-24)21(27)17-6-5-8-26(13-17)19-18-15(2)16(3)28-20(18)23-14-22-19/h14,17H,4-13H2,1-3H3/t17-/m0/s1. The first-order valence-electron chi connectivity index (χ1n) is 10.5. The molecule has 0 spiro atoms. The molecule has 0 saturated carbocycles. The quantitative estimate of drug-likeness (QED) is 0.806. The highest BCUT2D eigenvalue weighted by atomic mass is 16.3. The molecule has 2 fully saturated rings. The number of nitrogens with zero attached hydrogens (tertiary/aromatic N) is 5. The third-order valence-corrected chi connectivity index (χ3v) is 6.24. The summed E-state index contributed by atoms with van der Waals surface area (Å²) in [7, 11) is 0. The third kappa shape index (κ3) is 3.60. The van der Waals surface area contributed by atoms with Crippen molar-refractivity contribution < 1.29 is 9.21 Å². The van der Waals surface area contributed by atoms with Gasteiger partial charge in [0, 0.05) is 44.8 Å². The molecule has 2 aromatic rings. The Morgan fingerprint density at radius 2 is 1.96 bits per heavy atom. The molecule has 2 saturated heterocycles. The van der Waals surface area contributed by atoms with E-state index < -0.39 is 0 Å². The number of carbonyl (C=O) groups excluding carboxylic acids is 1. The summed E-state index contributed by atoms with van der Waals surface area (Å²) in [5.74, 6) is 2.15. The van der Waals surface area contributed by atoms with E-state index in [4.69, 9.17) is 4.42 Å². The van der Waals surface area contributed by atoms with Gasteiger partial charge in [0.15, 0.2) is 0 Å². The molecule has 0 radical (unpaired) electrons. The van der Waals surface area contributed by atoms with Crippen molar-refractivity contribution in [2.75, 3.05) is 50.7 Å². The van der Waals surface area contributed by atoms with Crippen LogP contribution in [0.4, 0.5) is 5.82 Å². The SMILES string of the molecule is CCCN1CCN(C(=O)[C@H]2CCCN(c3ncnc4oc(C)c(C)c34)C2)CC1. The minimum atomic E-state index is 0.0461. The molecule has 2 aliphatic heterocycles. The largest absolute Gasteiger partial charge is 0.443 e. The van der Waals surface area contributed by atoms with E-state index >= 15 is 0 Å².